The predicted molar refractivity (Wildman–Crippen MR) is 169 cm³/mol. The number of nitrogens with zero attached hydrogens (tertiary/aromatic N) is 1. The summed E-state index contributed by atoms with van der Waals surface area (Å²) in [5, 5.41) is 0. The lowest BCUT2D eigenvalue weighted by Crippen LogP contribution is -2.37. The Hall–Kier alpha value is -0.500. The summed E-state index contributed by atoms with van der Waals surface area (Å²) in [7, 11) is 1.84. The van der Waals surface area contributed by atoms with Gasteiger partial charge in [-0.3, -0.25) is 13.8 Å². The fourth-order valence-corrected chi connectivity index (χ4v) is 5.46. The van der Waals surface area contributed by atoms with Crippen LogP contribution >= 0.6 is 7.82 Å². The summed E-state index contributed by atoms with van der Waals surface area (Å²) in [5.74, 6) is -0.183. The average molecular weight is 609 g/mol. The van der Waals surface area contributed by atoms with Gasteiger partial charge in [0.25, 0.3) is 0 Å². The molecule has 0 saturated heterocycles. The number of carbonyl (C=O) groups excluding carboxylic acids is 1. The zero-order valence-electron chi connectivity index (χ0n) is 27.5. The molecule has 9 heteroatoms. The standard InChI is InChI=1S/C32H66NO7P/c1-6-8-9-10-11-12-13-14-15-16-17-18-19-20-21-22-24-31(23-7-2)32(34)38-29-27-37-28-30-40-41(35,36)39-26-25-33(3,4)5/h31H,6-30H2,1-5H3/p+1. The third kappa shape index (κ3) is 29.4. The van der Waals surface area contributed by atoms with Gasteiger partial charge in [0.2, 0.25) is 0 Å². The smallest absolute Gasteiger partial charge is 0.463 e. The van der Waals surface area contributed by atoms with E-state index in [9.17, 15) is 14.3 Å². The lowest BCUT2D eigenvalue weighted by molar-refractivity contribution is -0.870. The van der Waals surface area contributed by atoms with Crippen LogP contribution < -0.4 is 0 Å². The Morgan fingerprint density at radius 3 is 1.59 bits per heavy atom. The van der Waals surface area contributed by atoms with Crippen molar-refractivity contribution in [3.05, 3.63) is 0 Å². The Morgan fingerprint density at radius 2 is 1.10 bits per heavy atom. The Kier molecular flexibility index (Phi) is 26.7. The first-order chi connectivity index (χ1) is 19.6. The van der Waals surface area contributed by atoms with Crippen molar-refractivity contribution in [1.29, 1.82) is 0 Å². The molecule has 0 saturated carbocycles. The van der Waals surface area contributed by atoms with Crippen molar-refractivity contribution in [1.82, 2.24) is 0 Å². The number of phosphoric acid groups is 1. The molecule has 2 unspecified atom stereocenters. The predicted octanol–water partition coefficient (Wildman–Crippen LogP) is 8.45. The van der Waals surface area contributed by atoms with E-state index in [2.05, 4.69) is 13.8 Å². The molecule has 0 fully saturated rings. The van der Waals surface area contributed by atoms with Gasteiger partial charge in [-0.15, -0.1) is 0 Å². The van der Waals surface area contributed by atoms with Crippen LogP contribution in [0.5, 0.6) is 0 Å². The van der Waals surface area contributed by atoms with Crippen molar-refractivity contribution in [2.24, 2.45) is 5.92 Å². The quantitative estimate of drug-likeness (QED) is 0.0365. The van der Waals surface area contributed by atoms with Crippen molar-refractivity contribution in [3.8, 4) is 0 Å². The Bertz CT molecular complexity index is 642. The highest BCUT2D eigenvalue weighted by molar-refractivity contribution is 7.47. The lowest BCUT2D eigenvalue weighted by atomic mass is 9.96. The number of likely N-dealkylation sites (N-methyl/N-ethyl adjacent to an activating group) is 1. The van der Waals surface area contributed by atoms with Gasteiger partial charge in [0.05, 0.1) is 46.9 Å². The second-order valence-electron chi connectivity index (χ2n) is 12.5. The summed E-state index contributed by atoms with van der Waals surface area (Å²) in [6, 6.07) is 0. The largest absolute Gasteiger partial charge is 0.472 e. The number of quaternary nitrogens is 1. The van der Waals surface area contributed by atoms with Crippen LogP contribution in [0.1, 0.15) is 136 Å². The number of unbranched alkanes of at least 4 members (excludes halogenated alkanes) is 15. The minimum absolute atomic E-state index is 0.0425. The van der Waals surface area contributed by atoms with E-state index in [0.717, 1.165) is 25.7 Å². The van der Waals surface area contributed by atoms with Crippen molar-refractivity contribution in [2.75, 3.05) is 60.7 Å². The van der Waals surface area contributed by atoms with Crippen LogP contribution in [-0.2, 0) is 27.9 Å². The van der Waals surface area contributed by atoms with Crippen LogP contribution in [0, 0.1) is 5.92 Å². The van der Waals surface area contributed by atoms with Crippen LogP contribution in [0.3, 0.4) is 0 Å². The number of phosphoric ester groups is 1. The molecule has 2 atom stereocenters. The van der Waals surface area contributed by atoms with Gasteiger partial charge in [0.15, 0.2) is 0 Å². The molecule has 1 N–H and O–H groups in total. The van der Waals surface area contributed by atoms with Crippen LogP contribution in [0.2, 0.25) is 0 Å². The van der Waals surface area contributed by atoms with Gasteiger partial charge in [-0.2, -0.15) is 0 Å². The molecule has 0 aromatic heterocycles. The summed E-state index contributed by atoms with van der Waals surface area (Å²) in [6.45, 7) is 5.56. The van der Waals surface area contributed by atoms with Crippen LogP contribution in [-0.4, -0.2) is 76.1 Å². The number of rotatable bonds is 31. The molecule has 0 aromatic rings. The minimum Gasteiger partial charge on any atom is -0.463 e. The van der Waals surface area contributed by atoms with Gasteiger partial charge in [0, 0.05) is 0 Å². The first-order valence-electron chi connectivity index (χ1n) is 16.8. The van der Waals surface area contributed by atoms with E-state index in [-0.39, 0.29) is 44.9 Å². The number of hydrogen-bond acceptors (Lipinski definition) is 6. The van der Waals surface area contributed by atoms with Gasteiger partial charge in [-0.05, 0) is 12.8 Å². The molecule has 0 amide bonds. The van der Waals surface area contributed by atoms with Gasteiger partial charge >= 0.3 is 13.8 Å². The van der Waals surface area contributed by atoms with Gasteiger partial charge in [-0.1, -0.05) is 123 Å². The normalized spacial score (nSPS) is 14.2. The second kappa shape index (κ2) is 27.1. The van der Waals surface area contributed by atoms with E-state index >= 15 is 0 Å². The SMILES string of the molecule is CCCCCCCCCCCCCCCCCCC(CCC)C(=O)OCCOCCOP(=O)(O)OCC[N+](C)(C)C. The van der Waals surface area contributed by atoms with E-state index in [1.54, 1.807) is 0 Å². The minimum atomic E-state index is -4.08. The van der Waals surface area contributed by atoms with E-state index in [0.29, 0.717) is 11.0 Å². The molecule has 0 spiro atoms. The number of esters is 1. The first kappa shape index (κ1) is 40.5. The fourth-order valence-electron chi connectivity index (χ4n) is 4.77. The van der Waals surface area contributed by atoms with E-state index in [1.807, 2.05) is 21.1 Å². The Labute approximate surface area is 253 Å². The second-order valence-corrected chi connectivity index (χ2v) is 14.0. The van der Waals surface area contributed by atoms with Gasteiger partial charge < -0.3 is 18.9 Å². The fraction of sp³-hybridized carbons (Fsp3) is 0.969. The monoisotopic (exact) mass is 608 g/mol. The van der Waals surface area contributed by atoms with E-state index in [1.165, 1.54) is 96.3 Å². The third-order valence-electron chi connectivity index (χ3n) is 7.35. The van der Waals surface area contributed by atoms with Crippen molar-refractivity contribution in [2.45, 2.75) is 136 Å². The maximum absolute atomic E-state index is 12.5. The van der Waals surface area contributed by atoms with E-state index < -0.39 is 7.82 Å². The van der Waals surface area contributed by atoms with E-state index in [4.69, 9.17) is 18.5 Å². The summed E-state index contributed by atoms with van der Waals surface area (Å²) < 4.78 is 33.2. The highest BCUT2D eigenvalue weighted by Gasteiger charge is 2.22. The Morgan fingerprint density at radius 1 is 0.634 bits per heavy atom. The molecule has 8 nitrogen and oxygen atoms in total. The molecule has 0 heterocycles. The first-order valence-corrected chi connectivity index (χ1v) is 18.3. The summed E-state index contributed by atoms with van der Waals surface area (Å²) in [6.07, 6.45) is 24.2. The Balaban J connectivity index is 3.70. The molecule has 0 aromatic carbocycles. The lowest BCUT2D eigenvalue weighted by Gasteiger charge is -2.24. The van der Waals surface area contributed by atoms with Crippen LogP contribution in [0.4, 0.5) is 0 Å². The van der Waals surface area contributed by atoms with Crippen molar-refractivity contribution < 1.29 is 37.3 Å². The van der Waals surface area contributed by atoms with Crippen LogP contribution in [0.25, 0.3) is 0 Å². The maximum atomic E-state index is 12.5. The highest BCUT2D eigenvalue weighted by atomic mass is 31.2. The summed E-state index contributed by atoms with van der Waals surface area (Å²) in [4.78, 5) is 22.2. The average Bonchev–Trinajstić information content (AvgIpc) is 2.90. The van der Waals surface area contributed by atoms with Crippen molar-refractivity contribution in [3.63, 3.8) is 0 Å². The van der Waals surface area contributed by atoms with Gasteiger partial charge in [0.1, 0.15) is 19.8 Å². The van der Waals surface area contributed by atoms with Crippen molar-refractivity contribution >= 4 is 13.8 Å². The summed E-state index contributed by atoms with van der Waals surface area (Å²) >= 11 is 0. The third-order valence-corrected chi connectivity index (χ3v) is 8.36. The molecule has 0 aliphatic heterocycles. The maximum Gasteiger partial charge on any atom is 0.472 e. The molecule has 41 heavy (non-hydrogen) atoms. The molecule has 246 valence electrons. The zero-order valence-corrected chi connectivity index (χ0v) is 28.4. The molecule has 0 rings (SSSR count). The van der Waals surface area contributed by atoms with Crippen LogP contribution in [0.15, 0.2) is 0 Å². The number of ether oxygens (including phenoxy) is 2. The molecule has 0 bridgehead atoms. The molecule has 0 radical (unpaired) electrons. The molecule has 0 aliphatic rings. The van der Waals surface area contributed by atoms with Gasteiger partial charge in [-0.25, -0.2) is 4.57 Å². The number of carbonyl (C=O) groups is 1. The molecular weight excluding hydrogens is 541 g/mol. The number of hydrogen-bond donors (Lipinski definition) is 1. The molecular formula is C32H67NO7P+. The highest BCUT2D eigenvalue weighted by Crippen LogP contribution is 2.42. The molecule has 0 aliphatic carbocycles. The topological polar surface area (TPSA) is 91.3 Å². The summed E-state index contributed by atoms with van der Waals surface area (Å²) in [5.41, 5.74) is 0. The zero-order chi connectivity index (χ0) is 30.7.